The molecule has 1 aliphatic rings. The van der Waals surface area contributed by atoms with Gasteiger partial charge in [0.25, 0.3) is 5.56 Å². The van der Waals surface area contributed by atoms with E-state index < -0.39 is 0 Å². The summed E-state index contributed by atoms with van der Waals surface area (Å²) in [5.41, 5.74) is 3.18. The van der Waals surface area contributed by atoms with E-state index >= 15 is 0 Å². The van der Waals surface area contributed by atoms with Crippen molar-refractivity contribution in [2.75, 3.05) is 18.4 Å². The van der Waals surface area contributed by atoms with E-state index in [1.807, 2.05) is 30.5 Å². The average molecular weight is 390 g/mol. The number of pyridine rings is 1. The van der Waals surface area contributed by atoms with Crippen molar-refractivity contribution >= 4 is 5.95 Å². The van der Waals surface area contributed by atoms with Crippen molar-refractivity contribution in [3.63, 3.8) is 0 Å². The van der Waals surface area contributed by atoms with Gasteiger partial charge >= 0.3 is 0 Å². The molecule has 0 radical (unpaired) electrons. The molecular weight excluding hydrogens is 362 g/mol. The molecule has 0 unspecified atom stereocenters. The van der Waals surface area contributed by atoms with E-state index in [0.717, 1.165) is 43.7 Å². The highest BCUT2D eigenvalue weighted by Gasteiger charge is 2.22. The lowest BCUT2D eigenvalue weighted by molar-refractivity contribution is 0.203. The predicted octanol–water partition coefficient (Wildman–Crippen LogP) is 3.72. The Bertz CT molecular complexity index is 965. The number of piperidine rings is 1. The van der Waals surface area contributed by atoms with Crippen molar-refractivity contribution in [2.24, 2.45) is 0 Å². The van der Waals surface area contributed by atoms with Crippen LogP contribution in [0.15, 0.2) is 65.7 Å². The third-order valence-corrected chi connectivity index (χ3v) is 5.55. The molecular formula is C23H27N5O. The van der Waals surface area contributed by atoms with Crippen molar-refractivity contribution in [3.8, 4) is 0 Å². The molecule has 6 heteroatoms. The molecule has 150 valence electrons. The van der Waals surface area contributed by atoms with Crippen LogP contribution >= 0.6 is 0 Å². The molecule has 1 aromatic carbocycles. The molecule has 3 aromatic rings. The number of hydrogen-bond acceptors (Lipinski definition) is 5. The minimum atomic E-state index is -0.101. The SMILES string of the molecule is C[C@@H](Nc1nc(C2CCN(Cc3cccnc3)CC2)cc(=O)[nH]1)c1ccccc1. The first-order valence-electron chi connectivity index (χ1n) is 10.2. The summed E-state index contributed by atoms with van der Waals surface area (Å²) in [7, 11) is 0. The van der Waals surface area contributed by atoms with Gasteiger partial charge in [-0.05, 0) is 50.0 Å². The zero-order valence-corrected chi connectivity index (χ0v) is 16.7. The van der Waals surface area contributed by atoms with E-state index in [9.17, 15) is 4.79 Å². The highest BCUT2D eigenvalue weighted by Crippen LogP contribution is 2.27. The van der Waals surface area contributed by atoms with Crippen LogP contribution in [0.3, 0.4) is 0 Å². The van der Waals surface area contributed by atoms with Crippen LogP contribution in [-0.2, 0) is 6.54 Å². The lowest BCUT2D eigenvalue weighted by Gasteiger charge is -2.31. The largest absolute Gasteiger partial charge is 0.349 e. The van der Waals surface area contributed by atoms with Gasteiger partial charge in [0.1, 0.15) is 0 Å². The smallest absolute Gasteiger partial charge is 0.252 e. The first kappa shape index (κ1) is 19.3. The Hall–Kier alpha value is -2.99. The number of aromatic amines is 1. The molecule has 0 spiro atoms. The summed E-state index contributed by atoms with van der Waals surface area (Å²) in [6.07, 6.45) is 5.74. The van der Waals surface area contributed by atoms with Crippen LogP contribution in [0.2, 0.25) is 0 Å². The van der Waals surface area contributed by atoms with Crippen LogP contribution in [0.25, 0.3) is 0 Å². The maximum Gasteiger partial charge on any atom is 0.252 e. The molecule has 6 nitrogen and oxygen atoms in total. The van der Waals surface area contributed by atoms with Crippen LogP contribution in [0.5, 0.6) is 0 Å². The van der Waals surface area contributed by atoms with E-state index in [2.05, 4.69) is 45.3 Å². The first-order valence-corrected chi connectivity index (χ1v) is 10.2. The number of likely N-dealkylation sites (tertiary alicyclic amines) is 1. The topological polar surface area (TPSA) is 73.9 Å². The number of nitrogens with zero attached hydrogens (tertiary/aromatic N) is 3. The van der Waals surface area contributed by atoms with E-state index in [1.54, 1.807) is 12.3 Å². The molecule has 2 aromatic heterocycles. The fourth-order valence-electron chi connectivity index (χ4n) is 3.92. The zero-order chi connectivity index (χ0) is 20.1. The van der Waals surface area contributed by atoms with Gasteiger partial charge in [-0.2, -0.15) is 0 Å². The second kappa shape index (κ2) is 9.01. The highest BCUT2D eigenvalue weighted by molar-refractivity contribution is 5.32. The summed E-state index contributed by atoms with van der Waals surface area (Å²) in [6.45, 7) is 4.98. The third kappa shape index (κ3) is 5.09. The lowest BCUT2D eigenvalue weighted by Crippen LogP contribution is -2.33. The maximum atomic E-state index is 12.2. The van der Waals surface area contributed by atoms with Crippen molar-refractivity contribution in [2.45, 2.75) is 38.3 Å². The Labute approximate surface area is 171 Å². The van der Waals surface area contributed by atoms with Gasteiger partial charge in [0.05, 0.1) is 11.7 Å². The van der Waals surface area contributed by atoms with Crippen molar-refractivity contribution in [1.82, 2.24) is 19.9 Å². The molecule has 4 rings (SSSR count). The van der Waals surface area contributed by atoms with Gasteiger partial charge in [0.2, 0.25) is 5.95 Å². The molecule has 2 N–H and O–H groups in total. The third-order valence-electron chi connectivity index (χ3n) is 5.55. The van der Waals surface area contributed by atoms with Crippen LogP contribution in [0.4, 0.5) is 5.95 Å². The van der Waals surface area contributed by atoms with Crippen molar-refractivity contribution < 1.29 is 0 Å². The summed E-state index contributed by atoms with van der Waals surface area (Å²) in [4.78, 5) is 26.4. The van der Waals surface area contributed by atoms with Gasteiger partial charge in [-0.1, -0.05) is 36.4 Å². The number of anilines is 1. The van der Waals surface area contributed by atoms with Gasteiger partial charge < -0.3 is 5.32 Å². The summed E-state index contributed by atoms with van der Waals surface area (Å²) < 4.78 is 0. The Morgan fingerprint density at radius 3 is 2.69 bits per heavy atom. The summed E-state index contributed by atoms with van der Waals surface area (Å²) in [5, 5.41) is 3.34. The Balaban J connectivity index is 1.40. The molecule has 0 amide bonds. The molecule has 1 atom stereocenters. The van der Waals surface area contributed by atoms with E-state index in [4.69, 9.17) is 4.98 Å². The van der Waals surface area contributed by atoms with Crippen LogP contribution in [0, 0.1) is 0 Å². The molecule has 1 saturated heterocycles. The van der Waals surface area contributed by atoms with E-state index in [-0.39, 0.29) is 11.6 Å². The standard InChI is InChI=1S/C23H27N5O/c1-17(19-7-3-2-4-8-19)25-23-26-21(14-22(29)27-23)20-9-12-28(13-10-20)16-18-6-5-11-24-15-18/h2-8,11,14-15,17,20H,9-10,12-13,16H2,1H3,(H2,25,26,27,29)/t17-/m1/s1. The van der Waals surface area contributed by atoms with Crippen molar-refractivity contribution in [3.05, 3.63) is 88.1 Å². The van der Waals surface area contributed by atoms with Gasteiger partial charge in [0.15, 0.2) is 0 Å². The van der Waals surface area contributed by atoms with Crippen molar-refractivity contribution in [1.29, 1.82) is 0 Å². The first-order chi connectivity index (χ1) is 14.2. The summed E-state index contributed by atoms with van der Waals surface area (Å²) in [5.74, 6) is 0.858. The molecule has 0 bridgehead atoms. The second-order valence-corrected chi connectivity index (χ2v) is 7.71. The molecule has 29 heavy (non-hydrogen) atoms. The fraction of sp³-hybridized carbons (Fsp3) is 0.348. The molecule has 1 fully saturated rings. The Morgan fingerprint density at radius 2 is 1.97 bits per heavy atom. The molecule has 3 heterocycles. The quantitative estimate of drug-likeness (QED) is 0.672. The normalized spacial score (nSPS) is 16.4. The number of hydrogen-bond donors (Lipinski definition) is 2. The lowest BCUT2D eigenvalue weighted by atomic mass is 9.93. The fourth-order valence-corrected chi connectivity index (χ4v) is 3.92. The number of aromatic nitrogens is 3. The summed E-state index contributed by atoms with van der Waals surface area (Å²) in [6, 6.07) is 16.0. The second-order valence-electron chi connectivity index (χ2n) is 7.71. The summed E-state index contributed by atoms with van der Waals surface area (Å²) >= 11 is 0. The van der Waals surface area contributed by atoms with Gasteiger partial charge in [0, 0.05) is 30.9 Å². The monoisotopic (exact) mass is 389 g/mol. The van der Waals surface area contributed by atoms with Crippen LogP contribution < -0.4 is 10.9 Å². The average Bonchev–Trinajstić information content (AvgIpc) is 2.75. The van der Waals surface area contributed by atoms with E-state index in [0.29, 0.717) is 11.9 Å². The molecule has 0 aliphatic carbocycles. The van der Waals surface area contributed by atoms with Crippen LogP contribution in [0.1, 0.15) is 48.5 Å². The van der Waals surface area contributed by atoms with E-state index in [1.165, 1.54) is 5.56 Å². The highest BCUT2D eigenvalue weighted by atomic mass is 16.1. The number of H-pyrrole nitrogens is 1. The van der Waals surface area contributed by atoms with Crippen LogP contribution in [-0.4, -0.2) is 32.9 Å². The zero-order valence-electron chi connectivity index (χ0n) is 16.7. The Kier molecular flexibility index (Phi) is 6.00. The predicted molar refractivity (Wildman–Crippen MR) is 115 cm³/mol. The number of rotatable bonds is 6. The van der Waals surface area contributed by atoms with Gasteiger partial charge in [-0.25, -0.2) is 4.98 Å². The van der Waals surface area contributed by atoms with Gasteiger partial charge in [-0.3, -0.25) is 19.7 Å². The molecule has 1 aliphatic heterocycles. The molecule has 0 saturated carbocycles. The number of benzene rings is 1. The number of nitrogens with one attached hydrogen (secondary N) is 2. The minimum absolute atomic E-state index is 0.0657. The van der Waals surface area contributed by atoms with Gasteiger partial charge in [-0.15, -0.1) is 0 Å². The minimum Gasteiger partial charge on any atom is -0.349 e. The maximum absolute atomic E-state index is 12.2. The Morgan fingerprint density at radius 1 is 1.17 bits per heavy atom.